The SMILES string of the molecule is CC1(C)C[C@@H](OCc2ccc(C=O)cc2)[C@]2(C)CC[C@]3(C)C(=CCC4[C@@]5(C)CC[C@@H]6OC(C)(C)OC[C@]6(C)C5CC[C@]43C)[C@@H]2C1. The molecule has 4 heteroatoms. The van der Waals surface area contributed by atoms with E-state index < -0.39 is 5.79 Å². The monoisotopic (exact) mass is 616 g/mol. The van der Waals surface area contributed by atoms with Crippen LogP contribution < -0.4 is 0 Å². The minimum Gasteiger partial charge on any atom is -0.373 e. The topological polar surface area (TPSA) is 44.8 Å². The van der Waals surface area contributed by atoms with Crippen LogP contribution >= 0.6 is 0 Å². The van der Waals surface area contributed by atoms with Gasteiger partial charge in [-0.1, -0.05) is 84.4 Å². The van der Waals surface area contributed by atoms with Crippen LogP contribution in [0.1, 0.15) is 136 Å². The maximum Gasteiger partial charge on any atom is 0.163 e. The van der Waals surface area contributed by atoms with Crippen LogP contribution in [0.2, 0.25) is 0 Å². The van der Waals surface area contributed by atoms with Crippen LogP contribution in [0, 0.1) is 50.2 Å². The van der Waals surface area contributed by atoms with Crippen molar-refractivity contribution in [2.45, 2.75) is 145 Å². The van der Waals surface area contributed by atoms with Crippen molar-refractivity contribution in [3.05, 3.63) is 47.0 Å². The van der Waals surface area contributed by atoms with E-state index >= 15 is 0 Å². The van der Waals surface area contributed by atoms with E-state index in [4.69, 9.17) is 14.2 Å². The summed E-state index contributed by atoms with van der Waals surface area (Å²) >= 11 is 0. The van der Waals surface area contributed by atoms with Crippen molar-refractivity contribution in [1.29, 1.82) is 0 Å². The predicted octanol–water partition coefficient (Wildman–Crippen LogP) is 9.95. The molecule has 6 aliphatic rings. The largest absolute Gasteiger partial charge is 0.373 e. The molecular formula is C41H60O4. The third-order valence-corrected chi connectivity index (χ3v) is 15.6. The molecule has 5 aliphatic carbocycles. The first-order valence-corrected chi connectivity index (χ1v) is 18.2. The van der Waals surface area contributed by atoms with Crippen LogP contribution in [-0.2, 0) is 20.8 Å². The number of hydrogen-bond donors (Lipinski definition) is 0. The smallest absolute Gasteiger partial charge is 0.163 e. The van der Waals surface area contributed by atoms with E-state index in [1.165, 1.54) is 44.9 Å². The molecule has 10 atom stereocenters. The lowest BCUT2D eigenvalue weighted by Gasteiger charge is -2.72. The van der Waals surface area contributed by atoms with Crippen molar-refractivity contribution in [2.24, 2.45) is 50.2 Å². The van der Waals surface area contributed by atoms with Crippen LogP contribution in [0.5, 0.6) is 0 Å². The Morgan fingerprint density at radius 2 is 1.56 bits per heavy atom. The van der Waals surface area contributed by atoms with Gasteiger partial charge in [-0.25, -0.2) is 0 Å². The minimum atomic E-state index is -0.470. The molecule has 5 fully saturated rings. The van der Waals surface area contributed by atoms with Crippen LogP contribution in [-0.4, -0.2) is 30.9 Å². The van der Waals surface area contributed by atoms with Crippen molar-refractivity contribution in [3.63, 3.8) is 0 Å². The second kappa shape index (κ2) is 10.3. The summed E-state index contributed by atoms with van der Waals surface area (Å²) in [4.78, 5) is 11.2. The van der Waals surface area contributed by atoms with Gasteiger partial charge in [-0.15, -0.1) is 0 Å². The lowest BCUT2D eigenvalue weighted by Crippen LogP contribution is -2.68. The predicted molar refractivity (Wildman–Crippen MR) is 180 cm³/mol. The van der Waals surface area contributed by atoms with E-state index in [-0.39, 0.29) is 27.8 Å². The summed E-state index contributed by atoms with van der Waals surface area (Å²) in [6, 6.07) is 7.93. The highest BCUT2D eigenvalue weighted by Gasteiger charge is 2.70. The molecule has 4 saturated carbocycles. The van der Waals surface area contributed by atoms with Gasteiger partial charge in [0.2, 0.25) is 0 Å². The van der Waals surface area contributed by atoms with Gasteiger partial charge in [-0.3, -0.25) is 4.79 Å². The first-order valence-electron chi connectivity index (χ1n) is 18.2. The summed E-state index contributed by atoms with van der Waals surface area (Å²) in [6.07, 6.45) is 15.3. The van der Waals surface area contributed by atoms with Gasteiger partial charge < -0.3 is 14.2 Å². The van der Waals surface area contributed by atoms with Gasteiger partial charge in [0.05, 0.1) is 25.4 Å². The number of carbonyl (C=O) groups excluding carboxylic acids is 1. The number of fused-ring (bicyclic) bond motifs is 9. The molecule has 1 aromatic rings. The molecule has 1 saturated heterocycles. The highest BCUT2D eigenvalue weighted by molar-refractivity contribution is 5.74. The molecule has 2 unspecified atom stereocenters. The Hall–Kier alpha value is -1.49. The van der Waals surface area contributed by atoms with Crippen LogP contribution in [0.25, 0.3) is 0 Å². The Kier molecular flexibility index (Phi) is 7.31. The first-order chi connectivity index (χ1) is 21.0. The maximum absolute atomic E-state index is 11.2. The molecule has 0 radical (unpaired) electrons. The third-order valence-electron chi connectivity index (χ3n) is 15.6. The summed E-state index contributed by atoms with van der Waals surface area (Å²) in [7, 11) is 0. The molecule has 0 aromatic heterocycles. The normalized spacial score (nSPS) is 48.0. The summed E-state index contributed by atoms with van der Waals surface area (Å²) in [5, 5.41) is 0. The van der Waals surface area contributed by atoms with Gasteiger partial charge in [0.15, 0.2) is 5.79 Å². The van der Waals surface area contributed by atoms with Gasteiger partial charge in [0, 0.05) is 16.4 Å². The van der Waals surface area contributed by atoms with Crippen LogP contribution in [0.3, 0.4) is 0 Å². The van der Waals surface area contributed by atoms with Crippen molar-refractivity contribution in [2.75, 3.05) is 6.61 Å². The van der Waals surface area contributed by atoms with Gasteiger partial charge in [-0.05, 0) is 117 Å². The number of hydrogen-bond acceptors (Lipinski definition) is 4. The number of allylic oxidation sites excluding steroid dienone is 2. The van der Waals surface area contributed by atoms with Crippen molar-refractivity contribution in [1.82, 2.24) is 0 Å². The first kappa shape index (κ1) is 32.1. The number of aldehydes is 1. The quantitative estimate of drug-likeness (QED) is 0.249. The van der Waals surface area contributed by atoms with Crippen LogP contribution in [0.4, 0.5) is 0 Å². The molecule has 1 heterocycles. The van der Waals surface area contributed by atoms with Crippen molar-refractivity contribution < 1.29 is 19.0 Å². The average Bonchev–Trinajstić information content (AvgIpc) is 2.98. The zero-order valence-electron chi connectivity index (χ0n) is 29.8. The van der Waals surface area contributed by atoms with Crippen LogP contribution in [0.15, 0.2) is 35.9 Å². The molecule has 0 N–H and O–H groups in total. The molecule has 0 amide bonds. The molecule has 0 bridgehead atoms. The molecule has 1 aromatic carbocycles. The van der Waals surface area contributed by atoms with E-state index in [2.05, 4.69) is 80.5 Å². The summed E-state index contributed by atoms with van der Waals surface area (Å²) in [5.74, 6) is 1.41. The average molecular weight is 617 g/mol. The molecule has 45 heavy (non-hydrogen) atoms. The van der Waals surface area contributed by atoms with E-state index in [9.17, 15) is 4.79 Å². The van der Waals surface area contributed by atoms with E-state index in [0.717, 1.165) is 36.9 Å². The zero-order chi connectivity index (χ0) is 32.3. The summed E-state index contributed by atoms with van der Waals surface area (Å²) in [5.41, 5.74) is 4.93. The van der Waals surface area contributed by atoms with E-state index in [1.54, 1.807) is 5.57 Å². The lowest BCUT2D eigenvalue weighted by molar-refractivity contribution is -0.351. The Morgan fingerprint density at radius 1 is 0.822 bits per heavy atom. The Balaban J connectivity index is 1.19. The van der Waals surface area contributed by atoms with Gasteiger partial charge >= 0.3 is 0 Å². The highest BCUT2D eigenvalue weighted by Crippen LogP contribution is 2.76. The number of ether oxygens (including phenoxy) is 3. The van der Waals surface area contributed by atoms with Crippen molar-refractivity contribution >= 4 is 6.29 Å². The minimum absolute atomic E-state index is 0.0887. The molecule has 1 aliphatic heterocycles. The summed E-state index contributed by atoms with van der Waals surface area (Å²) < 4.78 is 20.0. The fraction of sp³-hybridized carbons (Fsp3) is 0.780. The fourth-order valence-electron chi connectivity index (χ4n) is 12.7. The van der Waals surface area contributed by atoms with Gasteiger partial charge in [0.1, 0.15) is 6.29 Å². The molecule has 4 nitrogen and oxygen atoms in total. The lowest BCUT2D eigenvalue weighted by atomic mass is 9.33. The third kappa shape index (κ3) is 4.65. The molecular weight excluding hydrogens is 556 g/mol. The number of benzene rings is 1. The highest BCUT2D eigenvalue weighted by atomic mass is 16.7. The standard InChI is InChI=1S/C41H60O4/c1-35(2)22-30-29-14-15-32-38(6)18-17-33-39(7,26-44-36(3,4)45-33)31(38)16-19-41(32,9)40(29,8)21-20-37(30,5)34(23-35)43-25-28-12-10-27(24-42)11-13-28/h10-14,24,30-34H,15-23,25-26H2,1-9H3/t30-,31?,32?,33-,34+,37+,38-,39+,40+,41+/m0/s1. The fourth-order valence-corrected chi connectivity index (χ4v) is 12.7. The molecule has 248 valence electrons. The number of carbonyl (C=O) groups is 1. The van der Waals surface area contributed by atoms with Gasteiger partial charge in [0.25, 0.3) is 0 Å². The summed E-state index contributed by atoms with van der Waals surface area (Å²) in [6.45, 7) is 23.7. The Morgan fingerprint density at radius 3 is 2.27 bits per heavy atom. The Bertz CT molecular complexity index is 1360. The van der Waals surface area contributed by atoms with E-state index in [0.29, 0.717) is 41.3 Å². The Labute approximate surface area is 273 Å². The molecule has 7 rings (SSSR count). The molecule has 0 spiro atoms. The van der Waals surface area contributed by atoms with Crippen molar-refractivity contribution in [3.8, 4) is 0 Å². The maximum atomic E-state index is 11.2. The second-order valence-electron chi connectivity index (χ2n) is 18.9. The van der Waals surface area contributed by atoms with E-state index in [1.807, 2.05) is 12.1 Å². The zero-order valence-corrected chi connectivity index (χ0v) is 29.8. The number of rotatable bonds is 4. The van der Waals surface area contributed by atoms with Gasteiger partial charge in [-0.2, -0.15) is 0 Å². The second-order valence-corrected chi connectivity index (χ2v) is 18.9.